The molecule has 0 spiro atoms. The first-order valence-corrected chi connectivity index (χ1v) is 4.00. The van der Waals surface area contributed by atoms with Gasteiger partial charge in [-0.3, -0.25) is 0 Å². The molecule has 0 aliphatic carbocycles. The Morgan fingerprint density at radius 3 is 3.27 bits per heavy atom. The minimum absolute atomic E-state index is 0.510. The molecule has 1 unspecified atom stereocenters. The summed E-state index contributed by atoms with van der Waals surface area (Å²) in [5.41, 5.74) is 1.31. The van der Waals surface area contributed by atoms with E-state index in [1.165, 1.54) is 12.1 Å². The molecule has 0 aromatic carbocycles. The summed E-state index contributed by atoms with van der Waals surface area (Å²) in [6.45, 7) is 1.09. The predicted molar refractivity (Wildman–Crippen MR) is 45.9 cm³/mol. The summed E-state index contributed by atoms with van der Waals surface area (Å²) >= 11 is 0. The monoisotopic (exact) mass is 148 g/mol. The average Bonchev–Trinajstić information content (AvgIpc) is 2.35. The molecule has 0 amide bonds. The highest BCUT2D eigenvalue weighted by Crippen LogP contribution is 2.11. The predicted octanol–water partition coefficient (Wildman–Crippen LogP) is 0.905. The highest BCUT2D eigenvalue weighted by Gasteiger charge is 2.17. The molecule has 0 aromatic rings. The number of rotatable bonds is 0. The average molecular weight is 148 g/mol. The Hall–Kier alpha value is -1.18. The molecule has 2 N–H and O–H groups in total. The van der Waals surface area contributed by atoms with Crippen LogP contribution in [0.3, 0.4) is 0 Å². The van der Waals surface area contributed by atoms with E-state index in [-0.39, 0.29) is 0 Å². The van der Waals surface area contributed by atoms with Crippen LogP contribution in [0.2, 0.25) is 0 Å². The summed E-state index contributed by atoms with van der Waals surface area (Å²) in [4.78, 5) is 0. The van der Waals surface area contributed by atoms with Crippen LogP contribution in [0.4, 0.5) is 0 Å². The lowest BCUT2D eigenvalue weighted by molar-refractivity contribution is 0.689. The largest absolute Gasteiger partial charge is 0.387 e. The summed E-state index contributed by atoms with van der Waals surface area (Å²) in [6.07, 6.45) is 11.4. The molecule has 0 bridgehead atoms. The summed E-state index contributed by atoms with van der Waals surface area (Å²) in [5, 5.41) is 6.66. The van der Waals surface area contributed by atoms with Crippen molar-refractivity contribution in [1.82, 2.24) is 10.6 Å². The molecule has 1 atom stereocenters. The zero-order chi connectivity index (χ0) is 7.52. The Kier molecular flexibility index (Phi) is 1.68. The fraction of sp³-hybridized carbons (Fsp3) is 0.333. The van der Waals surface area contributed by atoms with Crippen molar-refractivity contribution in [3.8, 4) is 0 Å². The van der Waals surface area contributed by atoms with Crippen molar-refractivity contribution in [1.29, 1.82) is 0 Å². The van der Waals surface area contributed by atoms with Crippen LogP contribution < -0.4 is 10.6 Å². The van der Waals surface area contributed by atoms with Crippen LogP contribution in [0.25, 0.3) is 0 Å². The lowest BCUT2D eigenvalue weighted by Crippen LogP contribution is -2.24. The molecule has 2 rings (SSSR count). The van der Waals surface area contributed by atoms with Gasteiger partial charge in [-0.2, -0.15) is 0 Å². The minimum atomic E-state index is 0.510. The van der Waals surface area contributed by atoms with E-state index < -0.39 is 0 Å². The van der Waals surface area contributed by atoms with Crippen molar-refractivity contribution < 1.29 is 0 Å². The highest BCUT2D eigenvalue weighted by atomic mass is 15.0. The van der Waals surface area contributed by atoms with Crippen molar-refractivity contribution in [2.24, 2.45) is 0 Å². The third kappa shape index (κ3) is 1.29. The summed E-state index contributed by atoms with van der Waals surface area (Å²) in [6, 6.07) is 0.510. The molecule has 58 valence electrons. The standard InChI is InChI=1S/C9H12N2/c1-2-4-8-9(5-7-11-8)10-6-3-1/h1-4,6,9-11H,5,7H2/b2-1-,6-3-,8-4+. The summed E-state index contributed by atoms with van der Waals surface area (Å²) in [5.74, 6) is 0. The second-order valence-corrected chi connectivity index (χ2v) is 2.80. The molecular formula is C9H12N2. The molecule has 2 nitrogen and oxygen atoms in total. The van der Waals surface area contributed by atoms with E-state index in [0.29, 0.717) is 6.04 Å². The smallest absolute Gasteiger partial charge is 0.0671 e. The number of allylic oxidation sites excluding steroid dienone is 4. The number of hydrogen-bond donors (Lipinski definition) is 2. The maximum atomic E-state index is 3.34. The van der Waals surface area contributed by atoms with Crippen LogP contribution >= 0.6 is 0 Å². The molecule has 2 aliphatic heterocycles. The Labute approximate surface area is 66.7 Å². The van der Waals surface area contributed by atoms with Gasteiger partial charge in [0.1, 0.15) is 0 Å². The van der Waals surface area contributed by atoms with E-state index in [2.05, 4.69) is 22.8 Å². The molecule has 2 heterocycles. The molecule has 1 fully saturated rings. The number of hydrogen-bond acceptors (Lipinski definition) is 2. The lowest BCUT2D eigenvalue weighted by Gasteiger charge is -2.11. The van der Waals surface area contributed by atoms with Crippen molar-refractivity contribution in [3.63, 3.8) is 0 Å². The minimum Gasteiger partial charge on any atom is -0.387 e. The van der Waals surface area contributed by atoms with E-state index in [4.69, 9.17) is 0 Å². The number of nitrogens with one attached hydrogen (secondary N) is 2. The van der Waals surface area contributed by atoms with Crippen LogP contribution in [0.5, 0.6) is 0 Å². The molecule has 0 aromatic heterocycles. The fourth-order valence-corrected chi connectivity index (χ4v) is 1.44. The first-order chi connectivity index (χ1) is 5.47. The SMILES string of the molecule is C1=C\C=C2\NCCC2N\C=C/1. The van der Waals surface area contributed by atoms with E-state index in [1.54, 1.807) is 0 Å². The van der Waals surface area contributed by atoms with Gasteiger partial charge in [0.05, 0.1) is 6.04 Å². The maximum Gasteiger partial charge on any atom is 0.0671 e. The normalized spacial score (nSPS) is 38.2. The molecule has 2 aliphatic rings. The van der Waals surface area contributed by atoms with Crippen molar-refractivity contribution in [2.45, 2.75) is 12.5 Å². The van der Waals surface area contributed by atoms with Crippen LogP contribution in [-0.4, -0.2) is 12.6 Å². The van der Waals surface area contributed by atoms with Gasteiger partial charge in [-0.05, 0) is 24.8 Å². The van der Waals surface area contributed by atoms with Gasteiger partial charge in [0.25, 0.3) is 0 Å². The molecule has 1 saturated heterocycles. The second kappa shape index (κ2) is 2.82. The second-order valence-electron chi connectivity index (χ2n) is 2.80. The number of fused-ring (bicyclic) bond motifs is 1. The maximum absolute atomic E-state index is 3.34. The third-order valence-corrected chi connectivity index (χ3v) is 2.03. The first-order valence-electron chi connectivity index (χ1n) is 4.00. The van der Waals surface area contributed by atoms with E-state index in [0.717, 1.165) is 6.54 Å². The van der Waals surface area contributed by atoms with Gasteiger partial charge < -0.3 is 10.6 Å². The molecule has 11 heavy (non-hydrogen) atoms. The molecule has 0 radical (unpaired) electrons. The molecule has 0 saturated carbocycles. The van der Waals surface area contributed by atoms with E-state index >= 15 is 0 Å². The van der Waals surface area contributed by atoms with Crippen LogP contribution in [0.1, 0.15) is 6.42 Å². The fourth-order valence-electron chi connectivity index (χ4n) is 1.44. The topological polar surface area (TPSA) is 24.1 Å². The van der Waals surface area contributed by atoms with Gasteiger partial charge in [-0.1, -0.05) is 12.2 Å². The molecule has 2 heteroatoms. The third-order valence-electron chi connectivity index (χ3n) is 2.03. The zero-order valence-corrected chi connectivity index (χ0v) is 6.38. The zero-order valence-electron chi connectivity index (χ0n) is 6.38. The lowest BCUT2D eigenvalue weighted by atomic mass is 10.2. The Morgan fingerprint density at radius 2 is 2.27 bits per heavy atom. The van der Waals surface area contributed by atoms with E-state index in [9.17, 15) is 0 Å². The summed E-state index contributed by atoms with van der Waals surface area (Å²) < 4.78 is 0. The quantitative estimate of drug-likeness (QED) is 0.533. The van der Waals surface area contributed by atoms with Crippen LogP contribution in [0, 0.1) is 0 Å². The summed E-state index contributed by atoms with van der Waals surface area (Å²) in [7, 11) is 0. The van der Waals surface area contributed by atoms with Gasteiger partial charge in [-0.15, -0.1) is 0 Å². The molecular weight excluding hydrogens is 136 g/mol. The van der Waals surface area contributed by atoms with Crippen molar-refractivity contribution in [3.05, 3.63) is 36.2 Å². The van der Waals surface area contributed by atoms with Gasteiger partial charge in [0.2, 0.25) is 0 Å². The van der Waals surface area contributed by atoms with Gasteiger partial charge in [-0.25, -0.2) is 0 Å². The van der Waals surface area contributed by atoms with Gasteiger partial charge in [0.15, 0.2) is 0 Å². The van der Waals surface area contributed by atoms with E-state index in [1.807, 2.05) is 18.4 Å². The highest BCUT2D eigenvalue weighted by molar-refractivity contribution is 5.24. The van der Waals surface area contributed by atoms with Crippen molar-refractivity contribution >= 4 is 0 Å². The Balaban J connectivity index is 2.21. The van der Waals surface area contributed by atoms with Crippen molar-refractivity contribution in [2.75, 3.05) is 6.54 Å². The Morgan fingerprint density at radius 1 is 1.27 bits per heavy atom. The Bertz CT molecular complexity index is 226. The van der Waals surface area contributed by atoms with Gasteiger partial charge in [0, 0.05) is 12.2 Å². The van der Waals surface area contributed by atoms with Gasteiger partial charge >= 0.3 is 0 Å². The van der Waals surface area contributed by atoms with Crippen LogP contribution in [0.15, 0.2) is 36.2 Å². The van der Waals surface area contributed by atoms with Crippen LogP contribution in [-0.2, 0) is 0 Å². The first kappa shape index (κ1) is 6.53.